The molecule has 5 nitrogen and oxygen atoms in total. The topological polar surface area (TPSA) is 72.0 Å². The molecular weight excluding hydrogens is 390 g/mol. The number of nitrogens with one attached hydrogen (secondary N) is 1. The van der Waals surface area contributed by atoms with Gasteiger partial charge in [0.15, 0.2) is 5.78 Å². The quantitative estimate of drug-likeness (QED) is 0.443. The molecule has 0 saturated heterocycles. The van der Waals surface area contributed by atoms with E-state index < -0.39 is 0 Å². The lowest BCUT2D eigenvalue weighted by Gasteiger charge is -2.09. The van der Waals surface area contributed by atoms with E-state index in [-0.39, 0.29) is 17.4 Å². The number of aromatic nitrogens is 2. The molecule has 0 aliphatic carbocycles. The van der Waals surface area contributed by atoms with Crippen LogP contribution in [0.2, 0.25) is 0 Å². The third-order valence-electron chi connectivity index (χ3n) is 3.83. The third-order valence-corrected chi connectivity index (χ3v) is 6.10. The zero-order valence-electron chi connectivity index (χ0n) is 15.5. The fraction of sp³-hybridized carbons (Fsp3) is 0.143. The van der Waals surface area contributed by atoms with Gasteiger partial charge in [-0.3, -0.25) is 9.59 Å². The van der Waals surface area contributed by atoms with Gasteiger partial charge >= 0.3 is 0 Å². The van der Waals surface area contributed by atoms with Crippen molar-refractivity contribution >= 4 is 40.9 Å². The van der Waals surface area contributed by atoms with E-state index in [1.165, 1.54) is 30.4 Å². The van der Waals surface area contributed by atoms with Gasteiger partial charge in [0.2, 0.25) is 5.91 Å². The minimum atomic E-state index is -0.164. The SMILES string of the molecule is CC(=O)c1cccc(NC(=O)CSc2nccnc2Sc2ccccc2C)c1. The molecule has 142 valence electrons. The summed E-state index contributed by atoms with van der Waals surface area (Å²) in [6.45, 7) is 3.55. The van der Waals surface area contributed by atoms with Crippen molar-refractivity contribution in [2.45, 2.75) is 28.8 Å². The minimum absolute atomic E-state index is 0.0390. The average molecular weight is 410 g/mol. The lowest BCUT2D eigenvalue weighted by Crippen LogP contribution is -2.14. The van der Waals surface area contributed by atoms with Crippen LogP contribution in [0.1, 0.15) is 22.8 Å². The molecule has 0 atom stereocenters. The predicted molar refractivity (Wildman–Crippen MR) is 113 cm³/mol. The van der Waals surface area contributed by atoms with Crippen molar-refractivity contribution in [2.24, 2.45) is 0 Å². The van der Waals surface area contributed by atoms with Gasteiger partial charge in [-0.1, -0.05) is 53.9 Å². The molecule has 2 aromatic carbocycles. The molecule has 7 heteroatoms. The summed E-state index contributed by atoms with van der Waals surface area (Å²) in [5.41, 5.74) is 2.33. The van der Waals surface area contributed by atoms with E-state index in [9.17, 15) is 9.59 Å². The number of thioether (sulfide) groups is 1. The molecule has 0 aliphatic rings. The molecule has 28 heavy (non-hydrogen) atoms. The number of anilines is 1. The van der Waals surface area contributed by atoms with Crippen LogP contribution < -0.4 is 5.32 Å². The molecule has 1 amide bonds. The maximum Gasteiger partial charge on any atom is 0.234 e. The fourth-order valence-corrected chi connectivity index (χ4v) is 4.19. The van der Waals surface area contributed by atoms with E-state index in [1.807, 2.05) is 31.2 Å². The van der Waals surface area contributed by atoms with Crippen LogP contribution in [0.25, 0.3) is 0 Å². The first-order valence-corrected chi connectivity index (χ1v) is 10.4. The van der Waals surface area contributed by atoms with Crippen LogP contribution in [0.5, 0.6) is 0 Å². The summed E-state index contributed by atoms with van der Waals surface area (Å²) in [6, 6.07) is 15.0. The molecule has 0 saturated carbocycles. The maximum absolute atomic E-state index is 12.3. The fourth-order valence-electron chi connectivity index (χ4n) is 2.40. The average Bonchev–Trinajstić information content (AvgIpc) is 2.69. The second-order valence-corrected chi connectivity index (χ2v) is 8.00. The van der Waals surface area contributed by atoms with Gasteiger partial charge < -0.3 is 5.32 Å². The summed E-state index contributed by atoms with van der Waals surface area (Å²) < 4.78 is 0. The van der Waals surface area contributed by atoms with E-state index in [0.717, 1.165) is 15.5 Å². The Hall–Kier alpha value is -2.64. The number of hydrogen-bond donors (Lipinski definition) is 1. The molecule has 1 aromatic heterocycles. The highest BCUT2D eigenvalue weighted by Crippen LogP contribution is 2.34. The molecule has 0 fully saturated rings. The molecule has 0 radical (unpaired) electrons. The summed E-state index contributed by atoms with van der Waals surface area (Å²) in [7, 11) is 0. The smallest absolute Gasteiger partial charge is 0.234 e. The van der Waals surface area contributed by atoms with E-state index in [0.29, 0.717) is 16.3 Å². The van der Waals surface area contributed by atoms with E-state index in [1.54, 1.807) is 36.7 Å². The van der Waals surface area contributed by atoms with Crippen molar-refractivity contribution in [3.63, 3.8) is 0 Å². The van der Waals surface area contributed by atoms with Crippen LogP contribution in [0.4, 0.5) is 5.69 Å². The Morgan fingerprint density at radius 3 is 2.50 bits per heavy atom. The number of carbonyl (C=O) groups is 2. The van der Waals surface area contributed by atoms with Crippen LogP contribution in [-0.4, -0.2) is 27.4 Å². The predicted octanol–water partition coefficient (Wildman–Crippen LogP) is 4.87. The normalized spacial score (nSPS) is 10.5. The van der Waals surface area contributed by atoms with Crippen molar-refractivity contribution in [2.75, 3.05) is 11.1 Å². The Balaban J connectivity index is 1.65. The maximum atomic E-state index is 12.3. The van der Waals surface area contributed by atoms with Crippen LogP contribution in [0, 0.1) is 6.92 Å². The first-order chi connectivity index (χ1) is 13.5. The van der Waals surface area contributed by atoms with Crippen LogP contribution in [0.15, 0.2) is 75.9 Å². The lowest BCUT2D eigenvalue weighted by molar-refractivity contribution is -0.113. The van der Waals surface area contributed by atoms with Gasteiger partial charge in [0.1, 0.15) is 10.1 Å². The van der Waals surface area contributed by atoms with Gasteiger partial charge in [0.05, 0.1) is 5.75 Å². The van der Waals surface area contributed by atoms with Crippen molar-refractivity contribution in [3.8, 4) is 0 Å². The molecule has 0 aliphatic heterocycles. The van der Waals surface area contributed by atoms with Gasteiger partial charge in [-0.15, -0.1) is 0 Å². The number of nitrogens with zero attached hydrogens (tertiary/aromatic N) is 2. The van der Waals surface area contributed by atoms with Crippen molar-refractivity contribution in [1.29, 1.82) is 0 Å². The molecule has 3 rings (SSSR count). The Labute approximate surface area is 172 Å². The number of carbonyl (C=O) groups excluding carboxylic acids is 2. The molecule has 0 spiro atoms. The van der Waals surface area contributed by atoms with Crippen LogP contribution in [-0.2, 0) is 4.79 Å². The van der Waals surface area contributed by atoms with Crippen molar-refractivity contribution < 1.29 is 9.59 Å². The van der Waals surface area contributed by atoms with E-state index >= 15 is 0 Å². The lowest BCUT2D eigenvalue weighted by atomic mass is 10.1. The first-order valence-electron chi connectivity index (χ1n) is 8.61. The summed E-state index contributed by atoms with van der Waals surface area (Å²) >= 11 is 2.87. The number of hydrogen-bond acceptors (Lipinski definition) is 6. The molecular formula is C21H19N3O2S2. The van der Waals surface area contributed by atoms with E-state index in [2.05, 4.69) is 15.3 Å². The number of ketones is 1. The van der Waals surface area contributed by atoms with Gasteiger partial charge in [-0.25, -0.2) is 9.97 Å². The Morgan fingerprint density at radius 2 is 1.75 bits per heavy atom. The van der Waals surface area contributed by atoms with E-state index in [4.69, 9.17) is 0 Å². The highest BCUT2D eigenvalue weighted by atomic mass is 32.2. The van der Waals surface area contributed by atoms with Crippen LogP contribution in [0.3, 0.4) is 0 Å². The van der Waals surface area contributed by atoms with Gasteiger partial charge in [0.25, 0.3) is 0 Å². The highest BCUT2D eigenvalue weighted by molar-refractivity contribution is 8.02. The van der Waals surface area contributed by atoms with Gasteiger partial charge in [0, 0.05) is 28.5 Å². The zero-order chi connectivity index (χ0) is 19.9. The summed E-state index contributed by atoms with van der Waals surface area (Å²) in [6.07, 6.45) is 3.27. The Morgan fingerprint density at radius 1 is 1.00 bits per heavy atom. The largest absolute Gasteiger partial charge is 0.325 e. The number of rotatable bonds is 7. The Kier molecular flexibility index (Phi) is 6.84. The second kappa shape index (κ2) is 9.52. The summed E-state index contributed by atoms with van der Waals surface area (Å²) in [5.74, 6) is -0.00395. The molecule has 3 aromatic rings. The molecule has 0 bridgehead atoms. The second-order valence-electron chi connectivity index (χ2n) is 6.01. The van der Waals surface area contributed by atoms with Gasteiger partial charge in [-0.2, -0.15) is 0 Å². The monoisotopic (exact) mass is 409 g/mol. The number of amides is 1. The van der Waals surface area contributed by atoms with Crippen LogP contribution >= 0.6 is 23.5 Å². The standard InChI is InChI=1S/C21H19N3O2S2/c1-14-6-3-4-9-18(14)28-21-20(22-10-11-23-21)27-13-19(26)24-17-8-5-7-16(12-17)15(2)25/h3-12H,13H2,1-2H3,(H,24,26). The Bertz CT molecular complexity index is 1010. The number of aryl methyl sites for hydroxylation is 1. The molecule has 1 heterocycles. The first kappa shape index (κ1) is 20.1. The number of Topliss-reactive ketones (excluding diaryl/α,β-unsaturated/α-hetero) is 1. The molecule has 0 unspecified atom stereocenters. The van der Waals surface area contributed by atoms with Crippen molar-refractivity contribution in [3.05, 3.63) is 72.1 Å². The van der Waals surface area contributed by atoms with Gasteiger partial charge in [-0.05, 0) is 37.6 Å². The molecule has 1 N–H and O–H groups in total. The summed E-state index contributed by atoms with van der Waals surface area (Å²) in [5, 5.41) is 4.30. The third kappa shape index (κ3) is 5.43. The van der Waals surface area contributed by atoms with Crippen molar-refractivity contribution in [1.82, 2.24) is 9.97 Å². The minimum Gasteiger partial charge on any atom is -0.325 e. The number of benzene rings is 2. The highest BCUT2D eigenvalue weighted by Gasteiger charge is 2.12. The summed E-state index contributed by atoms with van der Waals surface area (Å²) in [4.78, 5) is 33.7. The zero-order valence-corrected chi connectivity index (χ0v) is 17.1.